The molecule has 2 aliphatic heterocycles. The Morgan fingerprint density at radius 1 is 1.21 bits per heavy atom. The lowest BCUT2D eigenvalue weighted by molar-refractivity contribution is 0.0329. The summed E-state index contributed by atoms with van der Waals surface area (Å²) in [6.07, 6.45) is 1.68. The van der Waals surface area contributed by atoms with E-state index in [4.69, 9.17) is 13.8 Å². The van der Waals surface area contributed by atoms with Gasteiger partial charge in [-0.25, -0.2) is 0 Å². The predicted octanol–water partition coefficient (Wildman–Crippen LogP) is 1.46. The van der Waals surface area contributed by atoms with Crippen LogP contribution in [-0.2, 0) is 11.2 Å². The Hall–Kier alpha value is -2.22. The first-order chi connectivity index (χ1) is 11.5. The third-order valence-electron chi connectivity index (χ3n) is 4.82. The molecule has 1 amide bonds. The lowest BCUT2D eigenvalue weighted by Crippen LogP contribution is -2.32. The maximum atomic E-state index is 12.7. The van der Waals surface area contributed by atoms with Gasteiger partial charge in [0.25, 0.3) is 5.91 Å². The van der Waals surface area contributed by atoms with Crippen LogP contribution in [0.2, 0.25) is 0 Å². The second-order valence-corrected chi connectivity index (χ2v) is 6.64. The molecule has 0 N–H and O–H groups in total. The maximum absolute atomic E-state index is 12.7. The number of aromatic nitrogens is 3. The first kappa shape index (κ1) is 15.3. The Kier molecular flexibility index (Phi) is 3.64. The van der Waals surface area contributed by atoms with Gasteiger partial charge in [0.05, 0.1) is 24.3 Å². The minimum Gasteiger partial charge on any atom is -0.372 e. The maximum Gasteiger partial charge on any atom is 0.259 e. The van der Waals surface area contributed by atoms with Crippen LogP contribution < -0.4 is 0 Å². The van der Waals surface area contributed by atoms with E-state index in [0.29, 0.717) is 54.2 Å². The molecule has 8 nitrogen and oxygen atoms in total. The van der Waals surface area contributed by atoms with Crippen LogP contribution in [0.3, 0.4) is 0 Å². The summed E-state index contributed by atoms with van der Waals surface area (Å²) in [5.74, 6) is 2.15. The molecule has 3 atom stereocenters. The highest BCUT2D eigenvalue weighted by molar-refractivity contribution is 5.96. The van der Waals surface area contributed by atoms with Gasteiger partial charge in [0.15, 0.2) is 5.82 Å². The molecule has 2 aliphatic rings. The van der Waals surface area contributed by atoms with Crippen molar-refractivity contribution in [3.63, 3.8) is 0 Å². The van der Waals surface area contributed by atoms with Gasteiger partial charge in [0.1, 0.15) is 11.3 Å². The van der Waals surface area contributed by atoms with Crippen molar-refractivity contribution in [3.05, 3.63) is 28.7 Å². The molecule has 2 aromatic rings. The standard InChI is InChI=1S/C16H20N4O4/c1-8-15(9(2)23-18-8)16(21)20-6-11-4-12(22-13(11)7-20)5-14-17-10(3)19-24-14/h11-13H,4-7H2,1-3H3/t11-,12-,13+/m0/s1. The average molecular weight is 332 g/mol. The van der Waals surface area contributed by atoms with Gasteiger partial charge in [-0.3, -0.25) is 4.79 Å². The van der Waals surface area contributed by atoms with Crippen LogP contribution in [0.5, 0.6) is 0 Å². The minimum absolute atomic E-state index is 0.0201. The second-order valence-electron chi connectivity index (χ2n) is 6.64. The van der Waals surface area contributed by atoms with E-state index >= 15 is 0 Å². The fraction of sp³-hybridized carbons (Fsp3) is 0.625. The molecule has 2 aromatic heterocycles. The molecule has 0 bridgehead atoms. The van der Waals surface area contributed by atoms with Crippen molar-refractivity contribution in [2.45, 2.75) is 45.8 Å². The van der Waals surface area contributed by atoms with Crippen molar-refractivity contribution in [1.82, 2.24) is 20.2 Å². The molecule has 24 heavy (non-hydrogen) atoms. The van der Waals surface area contributed by atoms with Crippen LogP contribution in [0.4, 0.5) is 0 Å². The highest BCUT2D eigenvalue weighted by Gasteiger charge is 2.44. The normalized spacial score (nSPS) is 26.1. The van der Waals surface area contributed by atoms with Gasteiger partial charge in [-0.2, -0.15) is 4.98 Å². The summed E-state index contributed by atoms with van der Waals surface area (Å²) >= 11 is 0. The largest absolute Gasteiger partial charge is 0.372 e. The molecular formula is C16H20N4O4. The van der Waals surface area contributed by atoms with Crippen molar-refractivity contribution in [1.29, 1.82) is 0 Å². The van der Waals surface area contributed by atoms with Crippen LogP contribution in [0.1, 0.15) is 39.9 Å². The van der Waals surface area contributed by atoms with Crippen molar-refractivity contribution in [3.8, 4) is 0 Å². The number of likely N-dealkylation sites (tertiary alicyclic amines) is 1. The van der Waals surface area contributed by atoms with Crippen molar-refractivity contribution in [2.75, 3.05) is 13.1 Å². The Bertz CT molecular complexity index is 734. The minimum atomic E-state index is -0.0201. The Morgan fingerprint density at radius 3 is 2.67 bits per heavy atom. The summed E-state index contributed by atoms with van der Waals surface area (Å²) in [6.45, 7) is 6.66. The van der Waals surface area contributed by atoms with Crippen LogP contribution >= 0.6 is 0 Å². The fourth-order valence-electron chi connectivity index (χ4n) is 3.72. The van der Waals surface area contributed by atoms with E-state index in [-0.39, 0.29) is 18.1 Å². The molecule has 0 saturated carbocycles. The molecular weight excluding hydrogens is 312 g/mol. The third kappa shape index (κ3) is 2.60. The van der Waals surface area contributed by atoms with E-state index in [0.717, 1.165) is 6.42 Å². The van der Waals surface area contributed by atoms with Gasteiger partial charge in [0.2, 0.25) is 5.89 Å². The van der Waals surface area contributed by atoms with E-state index in [1.165, 1.54) is 0 Å². The highest BCUT2D eigenvalue weighted by atomic mass is 16.5. The van der Waals surface area contributed by atoms with Crippen molar-refractivity contribution in [2.24, 2.45) is 5.92 Å². The molecule has 2 saturated heterocycles. The summed E-state index contributed by atoms with van der Waals surface area (Å²) in [4.78, 5) is 18.8. The number of aryl methyl sites for hydroxylation is 3. The number of carbonyl (C=O) groups is 1. The number of rotatable bonds is 3. The Labute approximate surface area is 139 Å². The first-order valence-corrected chi connectivity index (χ1v) is 8.18. The lowest BCUT2D eigenvalue weighted by atomic mass is 10.0. The van der Waals surface area contributed by atoms with Gasteiger partial charge < -0.3 is 18.7 Å². The molecule has 4 rings (SSSR count). The van der Waals surface area contributed by atoms with Crippen LogP contribution in [0.15, 0.2) is 9.05 Å². The number of ether oxygens (including phenoxy) is 1. The van der Waals surface area contributed by atoms with E-state index in [9.17, 15) is 4.79 Å². The molecule has 0 unspecified atom stereocenters. The summed E-state index contributed by atoms with van der Waals surface area (Å²) in [5.41, 5.74) is 1.22. The monoisotopic (exact) mass is 332 g/mol. The van der Waals surface area contributed by atoms with Crippen LogP contribution in [0, 0.1) is 26.7 Å². The number of hydrogen-bond acceptors (Lipinski definition) is 7. The van der Waals surface area contributed by atoms with Gasteiger partial charge in [-0.15, -0.1) is 0 Å². The zero-order valence-corrected chi connectivity index (χ0v) is 14.0. The first-order valence-electron chi connectivity index (χ1n) is 8.18. The van der Waals surface area contributed by atoms with Crippen LogP contribution in [0.25, 0.3) is 0 Å². The van der Waals surface area contributed by atoms with E-state index in [1.54, 1.807) is 20.8 Å². The van der Waals surface area contributed by atoms with Gasteiger partial charge in [-0.05, 0) is 27.2 Å². The van der Waals surface area contributed by atoms with Gasteiger partial charge in [0, 0.05) is 19.0 Å². The van der Waals surface area contributed by atoms with Crippen LogP contribution in [-0.4, -0.2) is 51.4 Å². The third-order valence-corrected chi connectivity index (χ3v) is 4.82. The summed E-state index contributed by atoms with van der Waals surface area (Å²) in [7, 11) is 0. The molecule has 0 radical (unpaired) electrons. The Morgan fingerprint density at radius 2 is 2.04 bits per heavy atom. The summed E-state index contributed by atoms with van der Waals surface area (Å²) in [6, 6.07) is 0. The topological polar surface area (TPSA) is 94.5 Å². The molecule has 2 fully saturated rings. The Balaban J connectivity index is 1.38. The zero-order chi connectivity index (χ0) is 16.8. The highest BCUT2D eigenvalue weighted by Crippen LogP contribution is 2.35. The summed E-state index contributed by atoms with van der Waals surface area (Å²) < 4.78 is 16.4. The molecule has 4 heterocycles. The number of hydrogen-bond donors (Lipinski definition) is 0. The van der Waals surface area contributed by atoms with Gasteiger partial charge in [-0.1, -0.05) is 10.3 Å². The second kappa shape index (κ2) is 5.70. The molecule has 0 spiro atoms. The quantitative estimate of drug-likeness (QED) is 0.839. The molecule has 0 aliphatic carbocycles. The number of fused-ring (bicyclic) bond motifs is 1. The summed E-state index contributed by atoms with van der Waals surface area (Å²) in [5, 5.41) is 7.67. The number of nitrogens with zero attached hydrogens (tertiary/aromatic N) is 4. The lowest BCUT2D eigenvalue weighted by Gasteiger charge is -2.18. The smallest absolute Gasteiger partial charge is 0.259 e. The number of carbonyl (C=O) groups excluding carboxylic acids is 1. The van der Waals surface area contributed by atoms with Crippen molar-refractivity contribution >= 4 is 5.91 Å². The van der Waals surface area contributed by atoms with E-state index in [1.807, 2.05) is 4.90 Å². The molecule has 8 heteroatoms. The zero-order valence-electron chi connectivity index (χ0n) is 14.0. The van der Waals surface area contributed by atoms with Gasteiger partial charge >= 0.3 is 0 Å². The predicted molar refractivity (Wildman–Crippen MR) is 81.4 cm³/mol. The van der Waals surface area contributed by atoms with E-state index in [2.05, 4.69) is 15.3 Å². The SMILES string of the molecule is Cc1noc(C[C@@H]2C[C@H]3CN(C(=O)c4c(C)noc4C)C[C@H]3O2)n1. The number of amides is 1. The van der Waals surface area contributed by atoms with Crippen molar-refractivity contribution < 1.29 is 18.6 Å². The van der Waals surface area contributed by atoms with E-state index < -0.39 is 0 Å². The fourth-order valence-corrected chi connectivity index (χ4v) is 3.72. The average Bonchev–Trinajstić information content (AvgIpc) is 3.25. The molecule has 0 aromatic carbocycles. The molecule has 128 valence electrons.